The first-order valence-corrected chi connectivity index (χ1v) is 13.1. The Morgan fingerprint density at radius 1 is 0.912 bits per heavy atom. The van der Waals surface area contributed by atoms with Gasteiger partial charge < -0.3 is 15.4 Å². The summed E-state index contributed by atoms with van der Waals surface area (Å²) in [4.78, 5) is 14.9. The molecule has 2 unspecified atom stereocenters. The molecule has 34 heavy (non-hydrogen) atoms. The van der Waals surface area contributed by atoms with E-state index in [-0.39, 0.29) is 17.7 Å². The van der Waals surface area contributed by atoms with Crippen molar-refractivity contribution in [3.63, 3.8) is 0 Å². The summed E-state index contributed by atoms with van der Waals surface area (Å²) in [5.74, 6) is 1.22. The molecular weight excluding hydrogens is 440 g/mol. The summed E-state index contributed by atoms with van der Waals surface area (Å²) in [7, 11) is 0. The van der Waals surface area contributed by atoms with Gasteiger partial charge in [0, 0.05) is 22.6 Å². The molecular formula is C29H30N2O2S. The first-order chi connectivity index (χ1) is 16.7. The molecule has 0 radical (unpaired) electrons. The van der Waals surface area contributed by atoms with Crippen LogP contribution >= 0.6 is 11.8 Å². The van der Waals surface area contributed by atoms with Gasteiger partial charge in [-0.3, -0.25) is 4.79 Å². The van der Waals surface area contributed by atoms with Gasteiger partial charge in [-0.25, -0.2) is 0 Å². The van der Waals surface area contributed by atoms with Crippen molar-refractivity contribution in [3.8, 4) is 5.75 Å². The Bertz CT molecular complexity index is 1200. The molecule has 3 aromatic rings. The Balaban J connectivity index is 1.50. The molecule has 0 saturated heterocycles. The molecule has 1 aliphatic carbocycles. The molecule has 2 atom stereocenters. The number of Topliss-reactive ketones (excluding diaryl/α,β-unsaturated/α-hetero) is 1. The van der Waals surface area contributed by atoms with Crippen molar-refractivity contribution in [1.82, 2.24) is 0 Å². The highest BCUT2D eigenvalue weighted by Crippen LogP contribution is 2.44. The van der Waals surface area contributed by atoms with Crippen molar-refractivity contribution in [2.24, 2.45) is 0 Å². The molecule has 0 bridgehead atoms. The quantitative estimate of drug-likeness (QED) is 0.374. The lowest BCUT2D eigenvalue weighted by Crippen LogP contribution is -2.26. The second-order valence-electron chi connectivity index (χ2n) is 8.86. The average Bonchev–Trinajstić information content (AvgIpc) is 3.05. The van der Waals surface area contributed by atoms with Crippen molar-refractivity contribution in [1.29, 1.82) is 0 Å². The molecule has 0 amide bonds. The van der Waals surface area contributed by atoms with Gasteiger partial charge in [0.1, 0.15) is 5.75 Å². The topological polar surface area (TPSA) is 50.4 Å². The van der Waals surface area contributed by atoms with Gasteiger partial charge in [0.05, 0.1) is 24.0 Å². The zero-order valence-electron chi connectivity index (χ0n) is 19.6. The number of benzene rings is 3. The van der Waals surface area contributed by atoms with Crippen LogP contribution in [0.5, 0.6) is 5.75 Å². The van der Waals surface area contributed by atoms with Crippen LogP contribution in [0.15, 0.2) is 89.0 Å². The Kier molecular flexibility index (Phi) is 6.63. The number of ether oxygens (including phenoxy) is 1. The van der Waals surface area contributed by atoms with Crippen LogP contribution in [0.3, 0.4) is 0 Å². The number of hydrogen-bond acceptors (Lipinski definition) is 5. The lowest BCUT2D eigenvalue weighted by atomic mass is 9.78. The summed E-state index contributed by atoms with van der Waals surface area (Å²) in [6, 6.07) is 24.8. The van der Waals surface area contributed by atoms with E-state index < -0.39 is 0 Å². The van der Waals surface area contributed by atoms with Gasteiger partial charge in [-0.05, 0) is 72.5 Å². The third-order valence-electron chi connectivity index (χ3n) is 6.58. The molecule has 4 nitrogen and oxygen atoms in total. The number of anilines is 2. The second kappa shape index (κ2) is 9.98. The number of carbonyl (C=O) groups is 1. The highest BCUT2D eigenvalue weighted by atomic mass is 32.2. The maximum absolute atomic E-state index is 13.7. The van der Waals surface area contributed by atoms with E-state index in [1.165, 1.54) is 10.5 Å². The normalized spacial score (nSPS) is 19.4. The number of nitrogens with one attached hydrogen (secondary N) is 2. The van der Waals surface area contributed by atoms with Crippen LogP contribution in [0.2, 0.25) is 0 Å². The summed E-state index contributed by atoms with van der Waals surface area (Å²) in [6.07, 6.45) is 4.36. The largest absolute Gasteiger partial charge is 0.494 e. The maximum Gasteiger partial charge on any atom is 0.163 e. The highest BCUT2D eigenvalue weighted by Gasteiger charge is 2.36. The number of hydrogen-bond donors (Lipinski definition) is 2. The number of allylic oxidation sites excluding steroid dienone is 1. The van der Waals surface area contributed by atoms with Crippen molar-refractivity contribution in [3.05, 3.63) is 95.2 Å². The van der Waals surface area contributed by atoms with Gasteiger partial charge >= 0.3 is 0 Å². The monoisotopic (exact) mass is 470 g/mol. The van der Waals surface area contributed by atoms with E-state index in [2.05, 4.69) is 72.3 Å². The lowest BCUT2D eigenvalue weighted by molar-refractivity contribution is -0.116. The van der Waals surface area contributed by atoms with Gasteiger partial charge in [-0.2, -0.15) is 0 Å². The molecule has 5 heteroatoms. The molecule has 2 N–H and O–H groups in total. The zero-order valence-corrected chi connectivity index (χ0v) is 20.5. The molecule has 0 fully saturated rings. The molecule has 1 aliphatic heterocycles. The number of carbonyl (C=O) groups excluding carboxylic acids is 1. The second-order valence-corrected chi connectivity index (χ2v) is 9.74. The van der Waals surface area contributed by atoms with E-state index in [0.29, 0.717) is 13.0 Å². The first kappa shape index (κ1) is 22.6. The van der Waals surface area contributed by atoms with E-state index >= 15 is 0 Å². The molecule has 1 heterocycles. The molecule has 0 spiro atoms. The smallest absolute Gasteiger partial charge is 0.163 e. The third kappa shape index (κ3) is 4.58. The standard InChI is InChI=1S/C29H30N2O2S/c1-3-16-33-22-12-8-19(9-13-22)21-17-26-28(27(32)18-21)29(20-10-14-23(34-2)15-11-20)31-25-7-5-4-6-24(25)30-26/h4-15,21,29-31H,3,16-18H2,1-2H3. The van der Waals surface area contributed by atoms with Gasteiger partial charge in [-0.15, -0.1) is 11.8 Å². The van der Waals surface area contributed by atoms with E-state index in [1.54, 1.807) is 11.8 Å². The van der Waals surface area contributed by atoms with Gasteiger partial charge in [0.25, 0.3) is 0 Å². The molecule has 3 aromatic carbocycles. The van der Waals surface area contributed by atoms with Crippen LogP contribution in [-0.2, 0) is 4.79 Å². The number of fused-ring (bicyclic) bond motifs is 1. The molecule has 5 rings (SSSR count). The summed E-state index contributed by atoms with van der Waals surface area (Å²) < 4.78 is 5.74. The van der Waals surface area contributed by atoms with Crippen molar-refractivity contribution < 1.29 is 9.53 Å². The van der Waals surface area contributed by atoms with Crippen molar-refractivity contribution in [2.45, 2.75) is 43.0 Å². The Hall–Kier alpha value is -3.18. The third-order valence-corrected chi connectivity index (χ3v) is 7.33. The van der Waals surface area contributed by atoms with Crippen LogP contribution in [0.4, 0.5) is 11.4 Å². The molecule has 174 valence electrons. The van der Waals surface area contributed by atoms with Crippen LogP contribution in [0.1, 0.15) is 49.3 Å². The summed E-state index contributed by atoms with van der Waals surface area (Å²) in [6.45, 7) is 2.82. The molecule has 0 aromatic heterocycles. The number of para-hydroxylation sites is 2. The van der Waals surface area contributed by atoms with Gasteiger partial charge in [0.2, 0.25) is 0 Å². The van der Waals surface area contributed by atoms with E-state index in [1.807, 2.05) is 24.3 Å². The van der Waals surface area contributed by atoms with Crippen LogP contribution < -0.4 is 15.4 Å². The predicted octanol–water partition coefficient (Wildman–Crippen LogP) is 7.18. The Labute approximate surface area is 205 Å². The molecule has 2 aliphatic rings. The average molecular weight is 471 g/mol. The molecule has 0 saturated carbocycles. The minimum absolute atomic E-state index is 0.142. The van der Waals surface area contributed by atoms with E-state index in [4.69, 9.17) is 4.74 Å². The minimum atomic E-state index is -0.180. The van der Waals surface area contributed by atoms with Gasteiger partial charge in [-0.1, -0.05) is 43.3 Å². The van der Waals surface area contributed by atoms with Crippen LogP contribution in [-0.4, -0.2) is 18.6 Å². The first-order valence-electron chi connectivity index (χ1n) is 11.9. The summed E-state index contributed by atoms with van der Waals surface area (Å²) >= 11 is 1.72. The predicted molar refractivity (Wildman–Crippen MR) is 141 cm³/mol. The zero-order chi connectivity index (χ0) is 23.5. The SMILES string of the molecule is CCCOc1ccc(C2CC(=O)C3=C(C2)Nc2ccccc2NC3c2ccc(SC)cc2)cc1. The maximum atomic E-state index is 13.7. The highest BCUT2D eigenvalue weighted by molar-refractivity contribution is 7.98. The van der Waals surface area contributed by atoms with Crippen LogP contribution in [0, 0.1) is 0 Å². The number of thioether (sulfide) groups is 1. The fraction of sp³-hybridized carbons (Fsp3) is 0.276. The van der Waals surface area contributed by atoms with E-state index in [9.17, 15) is 4.79 Å². The summed E-state index contributed by atoms with van der Waals surface area (Å²) in [5, 5.41) is 7.28. The van der Waals surface area contributed by atoms with Crippen LogP contribution in [0.25, 0.3) is 0 Å². The Morgan fingerprint density at radius 2 is 1.62 bits per heavy atom. The van der Waals surface area contributed by atoms with Gasteiger partial charge in [0.15, 0.2) is 5.78 Å². The van der Waals surface area contributed by atoms with Crippen molar-refractivity contribution >= 4 is 28.9 Å². The Morgan fingerprint density at radius 3 is 2.32 bits per heavy atom. The van der Waals surface area contributed by atoms with E-state index in [0.717, 1.165) is 46.8 Å². The van der Waals surface area contributed by atoms with Crippen molar-refractivity contribution in [2.75, 3.05) is 23.5 Å². The number of ketones is 1. The number of rotatable bonds is 6. The minimum Gasteiger partial charge on any atom is -0.494 e. The fourth-order valence-electron chi connectivity index (χ4n) is 4.83. The fourth-order valence-corrected chi connectivity index (χ4v) is 5.24. The summed E-state index contributed by atoms with van der Waals surface area (Å²) in [5.41, 5.74) is 6.17. The lowest BCUT2D eigenvalue weighted by Gasteiger charge is -2.30.